The fourth-order valence-electron chi connectivity index (χ4n) is 4.02. The van der Waals surface area contributed by atoms with Gasteiger partial charge in [-0.1, -0.05) is 36.2 Å². The van der Waals surface area contributed by atoms with E-state index in [1.807, 2.05) is 35.2 Å². The first-order valence-electron chi connectivity index (χ1n) is 10.3. The lowest BCUT2D eigenvalue weighted by Gasteiger charge is -2.29. The Hall–Kier alpha value is -3.15. The molecule has 4 rings (SSSR count). The van der Waals surface area contributed by atoms with Crippen molar-refractivity contribution < 1.29 is 18.4 Å². The number of carbonyl (C=O) groups excluding carboxylic acids is 1. The smallest absolute Gasteiger partial charge is 0.227 e. The van der Waals surface area contributed by atoms with E-state index in [2.05, 4.69) is 5.16 Å². The van der Waals surface area contributed by atoms with Gasteiger partial charge in [0, 0.05) is 23.7 Å². The Labute approximate surface area is 175 Å². The molecule has 156 valence electrons. The molecule has 0 unspecified atom stereocenters. The van der Waals surface area contributed by atoms with Crippen LogP contribution in [0.2, 0.25) is 0 Å². The summed E-state index contributed by atoms with van der Waals surface area (Å²) in [6.07, 6.45) is 4.20. The van der Waals surface area contributed by atoms with Crippen LogP contribution < -0.4 is 4.74 Å². The topological polar surface area (TPSA) is 55.6 Å². The van der Waals surface area contributed by atoms with E-state index in [9.17, 15) is 9.18 Å². The highest BCUT2D eigenvalue weighted by atomic mass is 19.1. The molecule has 0 bridgehead atoms. The zero-order valence-corrected chi connectivity index (χ0v) is 17.0. The van der Waals surface area contributed by atoms with Crippen molar-refractivity contribution in [1.29, 1.82) is 0 Å². The maximum atomic E-state index is 13.3. The minimum absolute atomic E-state index is 0.0535. The standard InChI is InChI=1S/C24H25FN2O3/c1-29-22-9-5-4-7-18(22)15-24(28)27-14-6-2-3-8-21(27)20-16-23(30-26-20)17-10-12-19(25)13-11-17/h4-5,7,9-13,16,21H,2-3,6,8,14-15H2,1H3/t21-/m0/s1. The van der Waals surface area contributed by atoms with Gasteiger partial charge in [-0.25, -0.2) is 4.39 Å². The van der Waals surface area contributed by atoms with Crippen molar-refractivity contribution in [3.05, 3.63) is 71.7 Å². The molecule has 6 heteroatoms. The highest BCUT2D eigenvalue weighted by Crippen LogP contribution is 2.33. The van der Waals surface area contributed by atoms with Gasteiger partial charge in [-0.3, -0.25) is 4.79 Å². The highest BCUT2D eigenvalue weighted by molar-refractivity contribution is 5.80. The van der Waals surface area contributed by atoms with E-state index in [1.165, 1.54) is 12.1 Å². The van der Waals surface area contributed by atoms with Crippen LogP contribution in [-0.2, 0) is 11.2 Å². The van der Waals surface area contributed by atoms with E-state index in [-0.39, 0.29) is 24.2 Å². The molecule has 1 aliphatic heterocycles. The summed E-state index contributed by atoms with van der Waals surface area (Å²) >= 11 is 0. The Bertz CT molecular complexity index is 1000. The number of hydrogen-bond acceptors (Lipinski definition) is 4. The van der Waals surface area contributed by atoms with Crippen LogP contribution in [0.3, 0.4) is 0 Å². The van der Waals surface area contributed by atoms with Crippen molar-refractivity contribution in [2.75, 3.05) is 13.7 Å². The molecule has 0 aliphatic carbocycles. The van der Waals surface area contributed by atoms with Crippen molar-refractivity contribution in [3.8, 4) is 17.1 Å². The Morgan fingerprint density at radius 3 is 2.77 bits per heavy atom. The third kappa shape index (κ3) is 4.37. The number of rotatable bonds is 5. The van der Waals surface area contributed by atoms with E-state index in [0.29, 0.717) is 12.3 Å². The van der Waals surface area contributed by atoms with Crippen LogP contribution >= 0.6 is 0 Å². The van der Waals surface area contributed by atoms with Gasteiger partial charge >= 0.3 is 0 Å². The second kappa shape index (κ2) is 9.11. The number of methoxy groups -OCH3 is 1. The number of nitrogens with zero attached hydrogens (tertiary/aromatic N) is 2. The Morgan fingerprint density at radius 1 is 1.17 bits per heavy atom. The largest absolute Gasteiger partial charge is 0.496 e. The summed E-state index contributed by atoms with van der Waals surface area (Å²) in [5.41, 5.74) is 2.38. The summed E-state index contributed by atoms with van der Waals surface area (Å²) in [4.78, 5) is 15.2. The summed E-state index contributed by atoms with van der Waals surface area (Å²) in [6, 6.07) is 15.5. The predicted octanol–water partition coefficient (Wildman–Crippen LogP) is 5.18. The molecular formula is C24H25FN2O3. The van der Waals surface area contributed by atoms with Crippen LogP contribution in [0.15, 0.2) is 59.1 Å². The molecule has 1 saturated heterocycles. The van der Waals surface area contributed by atoms with E-state index < -0.39 is 0 Å². The summed E-state index contributed by atoms with van der Waals surface area (Å²) in [7, 11) is 1.62. The molecule has 30 heavy (non-hydrogen) atoms. The Kier molecular flexibility index (Phi) is 6.12. The number of amides is 1. The normalized spacial score (nSPS) is 16.9. The fraction of sp³-hybridized carbons (Fsp3) is 0.333. The SMILES string of the molecule is COc1ccccc1CC(=O)N1CCCCC[C@H]1c1cc(-c2ccc(F)cc2)on1. The number of carbonyl (C=O) groups is 1. The van der Waals surface area contributed by atoms with Gasteiger partial charge in [-0.05, 0) is 43.2 Å². The minimum Gasteiger partial charge on any atom is -0.496 e. The third-order valence-electron chi connectivity index (χ3n) is 5.61. The minimum atomic E-state index is -0.296. The zero-order chi connectivity index (χ0) is 20.9. The molecule has 1 aliphatic rings. The fourth-order valence-corrected chi connectivity index (χ4v) is 4.02. The first-order chi connectivity index (χ1) is 14.7. The zero-order valence-electron chi connectivity index (χ0n) is 17.0. The van der Waals surface area contributed by atoms with Crippen molar-refractivity contribution in [1.82, 2.24) is 10.1 Å². The number of para-hydroxylation sites is 1. The Morgan fingerprint density at radius 2 is 1.97 bits per heavy atom. The molecular weight excluding hydrogens is 383 g/mol. The van der Waals surface area contributed by atoms with E-state index in [1.54, 1.807) is 19.2 Å². The highest BCUT2D eigenvalue weighted by Gasteiger charge is 2.29. The summed E-state index contributed by atoms with van der Waals surface area (Å²) in [6.45, 7) is 0.692. The van der Waals surface area contributed by atoms with Gasteiger partial charge in [0.25, 0.3) is 0 Å². The number of likely N-dealkylation sites (tertiary alicyclic amines) is 1. The molecule has 1 atom stereocenters. The molecule has 1 aromatic heterocycles. The van der Waals surface area contributed by atoms with Gasteiger partial charge < -0.3 is 14.2 Å². The van der Waals surface area contributed by atoms with Crippen LogP contribution in [0.4, 0.5) is 4.39 Å². The van der Waals surface area contributed by atoms with Crippen molar-refractivity contribution >= 4 is 5.91 Å². The van der Waals surface area contributed by atoms with Crippen LogP contribution in [0.5, 0.6) is 5.75 Å². The molecule has 0 N–H and O–H groups in total. The molecule has 3 aromatic rings. The second-order valence-corrected chi connectivity index (χ2v) is 7.56. The molecule has 1 amide bonds. The number of halogens is 1. The van der Waals surface area contributed by atoms with Crippen molar-refractivity contribution in [2.45, 2.75) is 38.1 Å². The maximum Gasteiger partial charge on any atom is 0.227 e. The van der Waals surface area contributed by atoms with Gasteiger partial charge in [0.2, 0.25) is 5.91 Å². The number of benzene rings is 2. The van der Waals surface area contributed by atoms with Gasteiger partial charge in [-0.15, -0.1) is 0 Å². The number of aromatic nitrogens is 1. The quantitative estimate of drug-likeness (QED) is 0.584. The van der Waals surface area contributed by atoms with E-state index >= 15 is 0 Å². The first-order valence-corrected chi connectivity index (χ1v) is 10.3. The maximum absolute atomic E-state index is 13.3. The average molecular weight is 408 g/mol. The predicted molar refractivity (Wildman–Crippen MR) is 112 cm³/mol. The van der Waals surface area contributed by atoms with Crippen LogP contribution in [0.25, 0.3) is 11.3 Å². The summed E-state index contributed by atoms with van der Waals surface area (Å²) in [5, 5.41) is 4.27. The molecule has 2 heterocycles. The lowest BCUT2D eigenvalue weighted by atomic mass is 10.0. The second-order valence-electron chi connectivity index (χ2n) is 7.56. The monoisotopic (exact) mass is 408 g/mol. The molecule has 1 fully saturated rings. The third-order valence-corrected chi connectivity index (χ3v) is 5.61. The summed E-state index contributed by atoms with van der Waals surface area (Å²) < 4.78 is 24.2. The van der Waals surface area contributed by atoms with Crippen LogP contribution in [0.1, 0.15) is 43.0 Å². The van der Waals surface area contributed by atoms with Crippen LogP contribution in [-0.4, -0.2) is 29.6 Å². The Balaban J connectivity index is 1.57. The van der Waals surface area contributed by atoms with Crippen molar-refractivity contribution in [2.24, 2.45) is 0 Å². The molecule has 5 nitrogen and oxygen atoms in total. The first kappa shape index (κ1) is 20.1. The molecule has 0 saturated carbocycles. The average Bonchev–Trinajstić information content (AvgIpc) is 3.12. The lowest BCUT2D eigenvalue weighted by molar-refractivity contribution is -0.133. The van der Waals surface area contributed by atoms with Gasteiger partial charge in [-0.2, -0.15) is 0 Å². The van der Waals surface area contributed by atoms with Gasteiger partial charge in [0.05, 0.1) is 19.6 Å². The molecule has 0 radical (unpaired) electrons. The van der Waals surface area contributed by atoms with Crippen LogP contribution in [0, 0.1) is 5.82 Å². The van der Waals surface area contributed by atoms with Gasteiger partial charge in [0.15, 0.2) is 5.76 Å². The van der Waals surface area contributed by atoms with Gasteiger partial charge in [0.1, 0.15) is 17.3 Å². The van der Waals surface area contributed by atoms with Crippen molar-refractivity contribution in [3.63, 3.8) is 0 Å². The number of hydrogen-bond donors (Lipinski definition) is 0. The lowest BCUT2D eigenvalue weighted by Crippen LogP contribution is -2.36. The molecule has 0 spiro atoms. The molecule has 2 aromatic carbocycles. The van der Waals surface area contributed by atoms with E-state index in [0.717, 1.165) is 48.3 Å². The van der Waals surface area contributed by atoms with E-state index in [4.69, 9.17) is 9.26 Å². The number of ether oxygens (including phenoxy) is 1. The summed E-state index contributed by atoms with van der Waals surface area (Å²) in [5.74, 6) is 1.05.